The van der Waals surface area contributed by atoms with Gasteiger partial charge in [-0.2, -0.15) is 0 Å². The molecule has 1 aromatic carbocycles. The zero-order chi connectivity index (χ0) is 15.4. The lowest BCUT2D eigenvalue weighted by atomic mass is 10.0. The summed E-state index contributed by atoms with van der Waals surface area (Å²) in [5, 5.41) is 0.751. The number of carbonyl (C=O) groups is 1. The Kier molecular flexibility index (Phi) is 4.93. The molecule has 0 radical (unpaired) electrons. The minimum atomic E-state index is -0.321. The van der Waals surface area contributed by atoms with E-state index in [2.05, 4.69) is 30.3 Å². The second kappa shape index (κ2) is 6.69. The van der Waals surface area contributed by atoms with Crippen LogP contribution in [-0.4, -0.2) is 10.9 Å². The molecule has 0 aliphatic rings. The Bertz CT molecular complexity index is 638. The SMILES string of the molecule is Cc1nc(COc2cccc(C(C)C)c2)sc1C(=O)NN. The molecule has 5 nitrogen and oxygen atoms in total. The predicted molar refractivity (Wildman–Crippen MR) is 83.4 cm³/mol. The lowest BCUT2D eigenvalue weighted by molar-refractivity contribution is 0.0957. The molecule has 6 heteroatoms. The molecule has 0 atom stereocenters. The van der Waals surface area contributed by atoms with Gasteiger partial charge < -0.3 is 4.74 Å². The average molecular weight is 305 g/mol. The van der Waals surface area contributed by atoms with E-state index >= 15 is 0 Å². The topological polar surface area (TPSA) is 77.2 Å². The van der Waals surface area contributed by atoms with Gasteiger partial charge in [-0.1, -0.05) is 26.0 Å². The van der Waals surface area contributed by atoms with Crippen LogP contribution >= 0.6 is 11.3 Å². The third-order valence-corrected chi connectivity index (χ3v) is 4.19. The van der Waals surface area contributed by atoms with E-state index in [0.29, 0.717) is 23.1 Å². The molecular formula is C15H19N3O2S. The molecule has 0 saturated carbocycles. The molecule has 0 unspecified atom stereocenters. The van der Waals surface area contributed by atoms with Crippen molar-refractivity contribution in [1.82, 2.24) is 10.4 Å². The Labute approximate surface area is 128 Å². The standard InChI is InChI=1S/C15H19N3O2S/c1-9(2)11-5-4-6-12(7-11)20-8-13-17-10(3)14(21-13)15(19)18-16/h4-7,9H,8,16H2,1-3H3,(H,18,19). The van der Waals surface area contributed by atoms with Gasteiger partial charge >= 0.3 is 0 Å². The minimum Gasteiger partial charge on any atom is -0.486 e. The Morgan fingerprint density at radius 2 is 2.24 bits per heavy atom. The maximum Gasteiger partial charge on any atom is 0.277 e. The van der Waals surface area contributed by atoms with Gasteiger partial charge in [0.15, 0.2) is 0 Å². The number of ether oxygens (including phenoxy) is 1. The number of hydrogen-bond acceptors (Lipinski definition) is 5. The maximum atomic E-state index is 11.5. The highest BCUT2D eigenvalue weighted by atomic mass is 32.1. The van der Waals surface area contributed by atoms with Crippen molar-refractivity contribution in [2.24, 2.45) is 5.84 Å². The quantitative estimate of drug-likeness (QED) is 0.506. The molecule has 0 bridgehead atoms. The number of benzene rings is 1. The van der Waals surface area contributed by atoms with Crippen LogP contribution in [0.4, 0.5) is 0 Å². The smallest absolute Gasteiger partial charge is 0.277 e. The molecule has 3 N–H and O–H groups in total. The number of nitrogens with two attached hydrogens (primary N) is 1. The van der Waals surface area contributed by atoms with Crippen LogP contribution in [-0.2, 0) is 6.61 Å². The Hall–Kier alpha value is -1.92. The molecule has 21 heavy (non-hydrogen) atoms. The van der Waals surface area contributed by atoms with E-state index in [4.69, 9.17) is 10.6 Å². The van der Waals surface area contributed by atoms with Crippen LogP contribution in [0.1, 0.15) is 45.7 Å². The number of nitrogen functional groups attached to an aromatic ring is 1. The summed E-state index contributed by atoms with van der Waals surface area (Å²) in [4.78, 5) is 16.4. The second-order valence-corrected chi connectivity index (χ2v) is 6.10. The summed E-state index contributed by atoms with van der Waals surface area (Å²) in [7, 11) is 0. The van der Waals surface area contributed by atoms with Crippen molar-refractivity contribution in [3.05, 3.63) is 45.4 Å². The molecule has 112 valence electrons. The Balaban J connectivity index is 2.06. The molecule has 2 aromatic rings. The van der Waals surface area contributed by atoms with Crippen molar-refractivity contribution < 1.29 is 9.53 Å². The van der Waals surface area contributed by atoms with Gasteiger partial charge in [0.05, 0.1) is 5.69 Å². The van der Waals surface area contributed by atoms with Crippen LogP contribution in [0.5, 0.6) is 5.75 Å². The summed E-state index contributed by atoms with van der Waals surface area (Å²) in [6.07, 6.45) is 0. The van der Waals surface area contributed by atoms with Crippen molar-refractivity contribution in [3.8, 4) is 5.75 Å². The van der Waals surface area contributed by atoms with Gasteiger partial charge in [-0.3, -0.25) is 10.2 Å². The van der Waals surface area contributed by atoms with E-state index in [1.807, 2.05) is 18.2 Å². The molecule has 1 amide bonds. The molecule has 0 aliphatic heterocycles. The van der Waals surface area contributed by atoms with E-state index in [1.165, 1.54) is 16.9 Å². The summed E-state index contributed by atoms with van der Waals surface area (Å²) in [6, 6.07) is 8.00. The van der Waals surface area contributed by atoms with Crippen molar-refractivity contribution in [2.45, 2.75) is 33.3 Å². The van der Waals surface area contributed by atoms with Crippen LogP contribution in [0.2, 0.25) is 0 Å². The van der Waals surface area contributed by atoms with E-state index in [1.54, 1.807) is 6.92 Å². The monoisotopic (exact) mass is 305 g/mol. The maximum absolute atomic E-state index is 11.5. The van der Waals surface area contributed by atoms with Crippen molar-refractivity contribution in [1.29, 1.82) is 0 Å². The van der Waals surface area contributed by atoms with Gasteiger partial charge in [-0.05, 0) is 30.5 Å². The molecule has 0 spiro atoms. The van der Waals surface area contributed by atoms with Crippen molar-refractivity contribution >= 4 is 17.2 Å². The number of hydrogen-bond donors (Lipinski definition) is 2. The first kappa shape index (κ1) is 15.5. The molecule has 2 rings (SSSR count). The molecular weight excluding hydrogens is 286 g/mol. The van der Waals surface area contributed by atoms with Crippen LogP contribution < -0.4 is 16.0 Å². The van der Waals surface area contributed by atoms with E-state index in [9.17, 15) is 4.79 Å². The predicted octanol–water partition coefficient (Wildman–Crippen LogP) is 2.76. The number of aromatic nitrogens is 1. The van der Waals surface area contributed by atoms with Crippen LogP contribution in [0.3, 0.4) is 0 Å². The molecule has 1 aromatic heterocycles. The van der Waals surface area contributed by atoms with Gasteiger partial charge in [0.1, 0.15) is 22.2 Å². The number of nitrogens with one attached hydrogen (secondary N) is 1. The van der Waals surface area contributed by atoms with E-state index in [-0.39, 0.29) is 5.91 Å². The summed E-state index contributed by atoms with van der Waals surface area (Å²) in [6.45, 7) is 6.40. The van der Waals surface area contributed by atoms with E-state index in [0.717, 1.165) is 10.8 Å². The second-order valence-electron chi connectivity index (χ2n) is 5.01. The van der Waals surface area contributed by atoms with Crippen LogP contribution in [0.15, 0.2) is 24.3 Å². The number of nitrogens with zero attached hydrogens (tertiary/aromatic N) is 1. The summed E-state index contributed by atoms with van der Waals surface area (Å²) >= 11 is 1.29. The number of thiazole rings is 1. The zero-order valence-electron chi connectivity index (χ0n) is 12.3. The molecule has 0 fully saturated rings. The highest BCUT2D eigenvalue weighted by molar-refractivity contribution is 7.13. The van der Waals surface area contributed by atoms with E-state index < -0.39 is 0 Å². The third-order valence-electron chi connectivity index (χ3n) is 3.07. The fourth-order valence-electron chi connectivity index (χ4n) is 1.90. The normalized spacial score (nSPS) is 10.7. The lowest BCUT2D eigenvalue weighted by Gasteiger charge is -2.08. The molecule has 0 saturated heterocycles. The fraction of sp³-hybridized carbons (Fsp3) is 0.333. The zero-order valence-corrected chi connectivity index (χ0v) is 13.2. The first-order valence-corrected chi connectivity index (χ1v) is 7.53. The van der Waals surface area contributed by atoms with Crippen molar-refractivity contribution in [3.63, 3.8) is 0 Å². The van der Waals surface area contributed by atoms with Gasteiger partial charge in [-0.15, -0.1) is 11.3 Å². The van der Waals surface area contributed by atoms with Crippen LogP contribution in [0, 0.1) is 6.92 Å². The number of hydrazine groups is 1. The van der Waals surface area contributed by atoms with Gasteiger partial charge in [0, 0.05) is 0 Å². The first-order valence-electron chi connectivity index (χ1n) is 6.71. The first-order chi connectivity index (χ1) is 10.0. The fourth-order valence-corrected chi connectivity index (χ4v) is 2.78. The Morgan fingerprint density at radius 1 is 1.48 bits per heavy atom. The number of aryl methyl sites for hydroxylation is 1. The minimum absolute atomic E-state index is 0.321. The third kappa shape index (κ3) is 3.80. The summed E-state index contributed by atoms with van der Waals surface area (Å²) in [5.74, 6) is 6.08. The Morgan fingerprint density at radius 3 is 2.90 bits per heavy atom. The summed E-state index contributed by atoms with van der Waals surface area (Å²) < 4.78 is 5.75. The molecule has 1 heterocycles. The number of amides is 1. The van der Waals surface area contributed by atoms with Crippen LogP contribution in [0.25, 0.3) is 0 Å². The van der Waals surface area contributed by atoms with Gasteiger partial charge in [0.25, 0.3) is 5.91 Å². The number of rotatable bonds is 5. The molecule has 0 aliphatic carbocycles. The lowest BCUT2D eigenvalue weighted by Crippen LogP contribution is -2.29. The van der Waals surface area contributed by atoms with Gasteiger partial charge in [-0.25, -0.2) is 10.8 Å². The number of carbonyl (C=O) groups excluding carboxylic acids is 1. The summed E-state index contributed by atoms with van der Waals surface area (Å²) in [5.41, 5.74) is 4.01. The average Bonchev–Trinajstić information content (AvgIpc) is 2.85. The highest BCUT2D eigenvalue weighted by Gasteiger charge is 2.14. The van der Waals surface area contributed by atoms with Crippen molar-refractivity contribution in [2.75, 3.05) is 0 Å². The van der Waals surface area contributed by atoms with Gasteiger partial charge in [0.2, 0.25) is 0 Å². The highest BCUT2D eigenvalue weighted by Crippen LogP contribution is 2.23. The largest absolute Gasteiger partial charge is 0.486 e.